The SMILES string of the molecule is C=C[C@@]12COC(=O)C(C)[C@@H]1[C@H]1OC(=O)C(=C)[C@@H]1[C@@H](OC(=O)C(=C)CO)C2. The van der Waals surface area contributed by atoms with Gasteiger partial charge in [-0.15, -0.1) is 6.58 Å². The predicted molar refractivity (Wildman–Crippen MR) is 89.5 cm³/mol. The van der Waals surface area contributed by atoms with Gasteiger partial charge in [-0.3, -0.25) is 4.79 Å². The Hall–Kier alpha value is -2.41. The molecule has 0 radical (unpaired) electrons. The highest BCUT2D eigenvalue weighted by Gasteiger charge is 2.63. The summed E-state index contributed by atoms with van der Waals surface area (Å²) in [6.07, 6.45) is 0.603. The number of carbonyl (C=O) groups is 3. The molecule has 0 aromatic rings. The van der Waals surface area contributed by atoms with Crippen molar-refractivity contribution in [3.05, 3.63) is 37.0 Å². The Balaban J connectivity index is 2.00. The number of aliphatic hydroxyl groups is 1. The summed E-state index contributed by atoms with van der Waals surface area (Å²) in [5.41, 5.74) is -0.563. The Morgan fingerprint density at radius 1 is 1.46 bits per heavy atom. The monoisotopic (exact) mass is 362 g/mol. The Kier molecular flexibility index (Phi) is 4.52. The first-order chi connectivity index (χ1) is 12.3. The van der Waals surface area contributed by atoms with Gasteiger partial charge in [-0.05, 0) is 6.42 Å². The second-order valence-corrected chi connectivity index (χ2v) is 7.19. The molecule has 1 saturated carbocycles. The molecule has 2 saturated heterocycles. The van der Waals surface area contributed by atoms with Crippen molar-refractivity contribution < 1.29 is 33.7 Å². The maximum absolute atomic E-state index is 12.2. The number of hydrogen-bond donors (Lipinski definition) is 1. The molecule has 7 heteroatoms. The summed E-state index contributed by atoms with van der Waals surface area (Å²) in [5, 5.41) is 9.09. The lowest BCUT2D eigenvalue weighted by Gasteiger charge is -2.52. The summed E-state index contributed by atoms with van der Waals surface area (Å²) in [4.78, 5) is 36.4. The van der Waals surface area contributed by atoms with Crippen LogP contribution in [0.5, 0.6) is 0 Å². The highest BCUT2D eigenvalue weighted by atomic mass is 16.6. The topological polar surface area (TPSA) is 99.1 Å². The van der Waals surface area contributed by atoms with Gasteiger partial charge in [0, 0.05) is 16.9 Å². The fourth-order valence-electron chi connectivity index (χ4n) is 4.40. The lowest BCUT2D eigenvalue weighted by molar-refractivity contribution is -0.197. The van der Waals surface area contributed by atoms with Crippen LogP contribution in [0.25, 0.3) is 0 Å². The van der Waals surface area contributed by atoms with Crippen molar-refractivity contribution in [3.8, 4) is 0 Å². The molecule has 0 aromatic carbocycles. The summed E-state index contributed by atoms with van der Waals surface area (Å²) in [5.74, 6) is -3.08. The van der Waals surface area contributed by atoms with Crippen molar-refractivity contribution in [1.82, 2.24) is 0 Å². The number of hydrogen-bond acceptors (Lipinski definition) is 7. The predicted octanol–water partition coefficient (Wildman–Crippen LogP) is 0.930. The van der Waals surface area contributed by atoms with E-state index in [0.29, 0.717) is 6.42 Å². The third-order valence-corrected chi connectivity index (χ3v) is 5.80. The number of aliphatic hydroxyl groups excluding tert-OH is 1. The van der Waals surface area contributed by atoms with E-state index in [4.69, 9.17) is 19.3 Å². The molecule has 0 amide bonds. The molecular formula is C19H22O7. The van der Waals surface area contributed by atoms with Crippen molar-refractivity contribution in [3.63, 3.8) is 0 Å². The van der Waals surface area contributed by atoms with Crippen LogP contribution in [0.4, 0.5) is 0 Å². The molecule has 0 spiro atoms. The van der Waals surface area contributed by atoms with E-state index in [1.165, 1.54) is 0 Å². The van der Waals surface area contributed by atoms with Gasteiger partial charge in [0.1, 0.15) is 18.8 Å². The fraction of sp³-hybridized carbons (Fsp3) is 0.526. The summed E-state index contributed by atoms with van der Waals surface area (Å²) in [6, 6.07) is 0. The van der Waals surface area contributed by atoms with Crippen molar-refractivity contribution in [2.75, 3.05) is 13.2 Å². The molecule has 0 aromatic heterocycles. The van der Waals surface area contributed by atoms with Crippen LogP contribution in [0.3, 0.4) is 0 Å². The van der Waals surface area contributed by atoms with Gasteiger partial charge in [-0.25, -0.2) is 9.59 Å². The zero-order chi connectivity index (χ0) is 19.2. The van der Waals surface area contributed by atoms with Gasteiger partial charge in [-0.1, -0.05) is 26.2 Å². The van der Waals surface area contributed by atoms with Crippen molar-refractivity contribution in [1.29, 1.82) is 0 Å². The molecule has 1 unspecified atom stereocenters. The quantitative estimate of drug-likeness (QED) is 0.344. The summed E-state index contributed by atoms with van der Waals surface area (Å²) < 4.78 is 16.4. The first-order valence-corrected chi connectivity index (χ1v) is 8.45. The highest BCUT2D eigenvalue weighted by molar-refractivity contribution is 5.92. The fourth-order valence-corrected chi connectivity index (χ4v) is 4.40. The van der Waals surface area contributed by atoms with Crippen LogP contribution in [0, 0.1) is 23.2 Å². The zero-order valence-corrected chi connectivity index (χ0v) is 14.6. The normalized spacial score (nSPS) is 38.5. The van der Waals surface area contributed by atoms with E-state index in [1.54, 1.807) is 13.0 Å². The smallest absolute Gasteiger partial charge is 0.336 e. The maximum Gasteiger partial charge on any atom is 0.336 e. The van der Waals surface area contributed by atoms with Gasteiger partial charge in [0.15, 0.2) is 0 Å². The molecule has 0 bridgehead atoms. The molecule has 1 N–H and O–H groups in total. The van der Waals surface area contributed by atoms with Crippen LogP contribution >= 0.6 is 0 Å². The van der Waals surface area contributed by atoms with E-state index in [9.17, 15) is 14.4 Å². The van der Waals surface area contributed by atoms with Crippen LogP contribution in [0.1, 0.15) is 13.3 Å². The minimum absolute atomic E-state index is 0.0760. The number of fused-ring (bicyclic) bond motifs is 3. The number of ether oxygens (including phenoxy) is 3. The summed E-state index contributed by atoms with van der Waals surface area (Å²) in [7, 11) is 0. The molecule has 2 aliphatic heterocycles. The molecule has 3 fully saturated rings. The Labute approximate surface area is 151 Å². The lowest BCUT2D eigenvalue weighted by atomic mass is 9.56. The van der Waals surface area contributed by atoms with Crippen molar-refractivity contribution >= 4 is 17.9 Å². The standard InChI is InChI=1S/C19H22O7/c1-5-19-6-12(25-16(21)9(2)7-20)13-10(3)18(23)26-15(13)14(19)11(4)17(22)24-8-19/h5,11-15,20H,1-3,6-8H2,4H3/t11?,12-,13+,14+,15-,19+/m0/s1. The van der Waals surface area contributed by atoms with Crippen LogP contribution in [-0.4, -0.2) is 48.4 Å². The van der Waals surface area contributed by atoms with Crippen LogP contribution < -0.4 is 0 Å². The Morgan fingerprint density at radius 2 is 2.15 bits per heavy atom. The van der Waals surface area contributed by atoms with E-state index in [0.717, 1.165) is 0 Å². The molecule has 1 aliphatic carbocycles. The average Bonchev–Trinajstić information content (AvgIpc) is 2.92. The Bertz CT molecular complexity index is 709. The van der Waals surface area contributed by atoms with Crippen molar-refractivity contribution in [2.45, 2.75) is 25.6 Å². The average molecular weight is 362 g/mol. The van der Waals surface area contributed by atoms with Gasteiger partial charge in [0.05, 0.1) is 24.0 Å². The minimum Gasteiger partial charge on any atom is -0.465 e. The summed E-state index contributed by atoms with van der Waals surface area (Å²) >= 11 is 0. The molecule has 3 rings (SSSR count). The number of cyclic esters (lactones) is 1. The number of esters is 3. The molecule has 6 atom stereocenters. The van der Waals surface area contributed by atoms with Gasteiger partial charge in [0.25, 0.3) is 0 Å². The molecule has 7 nitrogen and oxygen atoms in total. The van der Waals surface area contributed by atoms with Gasteiger partial charge in [-0.2, -0.15) is 0 Å². The maximum atomic E-state index is 12.2. The van der Waals surface area contributed by atoms with E-state index >= 15 is 0 Å². The molecule has 3 aliphatic rings. The van der Waals surface area contributed by atoms with Gasteiger partial charge in [0.2, 0.25) is 0 Å². The molecule has 2 heterocycles. The van der Waals surface area contributed by atoms with E-state index in [1.807, 2.05) is 0 Å². The first kappa shape index (κ1) is 18.4. The number of rotatable bonds is 4. The minimum atomic E-state index is -0.748. The summed E-state index contributed by atoms with van der Waals surface area (Å²) in [6.45, 7) is 12.4. The van der Waals surface area contributed by atoms with Crippen LogP contribution in [0.15, 0.2) is 37.0 Å². The van der Waals surface area contributed by atoms with E-state index < -0.39 is 48.0 Å². The largest absolute Gasteiger partial charge is 0.465 e. The van der Waals surface area contributed by atoms with E-state index in [-0.39, 0.29) is 29.6 Å². The zero-order valence-electron chi connectivity index (χ0n) is 14.6. The second kappa shape index (κ2) is 6.39. The molecule has 26 heavy (non-hydrogen) atoms. The highest BCUT2D eigenvalue weighted by Crippen LogP contribution is 2.56. The molecular weight excluding hydrogens is 340 g/mol. The Morgan fingerprint density at radius 3 is 2.77 bits per heavy atom. The van der Waals surface area contributed by atoms with E-state index in [2.05, 4.69) is 19.7 Å². The first-order valence-electron chi connectivity index (χ1n) is 8.45. The van der Waals surface area contributed by atoms with Crippen molar-refractivity contribution in [2.24, 2.45) is 23.2 Å². The van der Waals surface area contributed by atoms with Crippen LogP contribution in [0.2, 0.25) is 0 Å². The van der Waals surface area contributed by atoms with Gasteiger partial charge < -0.3 is 19.3 Å². The number of carbonyl (C=O) groups excluding carboxylic acids is 3. The van der Waals surface area contributed by atoms with Gasteiger partial charge >= 0.3 is 17.9 Å². The second-order valence-electron chi connectivity index (χ2n) is 7.19. The third kappa shape index (κ3) is 2.58. The van der Waals surface area contributed by atoms with Crippen LogP contribution in [-0.2, 0) is 28.6 Å². The third-order valence-electron chi connectivity index (χ3n) is 5.80. The molecule has 140 valence electrons. The lowest BCUT2D eigenvalue weighted by Crippen LogP contribution is -2.59.